The number of hydrogen-bond donors (Lipinski definition) is 2. The minimum absolute atomic E-state index is 0.0965. The number of halogens is 1. The monoisotopic (exact) mass is 307 g/mol. The van der Waals surface area contributed by atoms with Crippen molar-refractivity contribution < 1.29 is 5.11 Å². The zero-order valence-electron chi connectivity index (χ0n) is 10.2. The maximum absolute atomic E-state index is 11.7. The van der Waals surface area contributed by atoms with Gasteiger partial charge in [0.1, 0.15) is 5.75 Å². The van der Waals surface area contributed by atoms with Crippen molar-refractivity contribution in [2.24, 2.45) is 0 Å². The molecule has 0 saturated heterocycles. The van der Waals surface area contributed by atoms with Gasteiger partial charge in [-0.1, -0.05) is 35.0 Å². The smallest absolute Gasteiger partial charge is 0.255 e. The van der Waals surface area contributed by atoms with Gasteiger partial charge in [0.05, 0.1) is 11.3 Å². The van der Waals surface area contributed by atoms with Gasteiger partial charge < -0.3 is 10.1 Å². The number of H-pyrrole nitrogens is 1. The molecule has 0 aliphatic heterocycles. The summed E-state index contributed by atoms with van der Waals surface area (Å²) in [4.78, 5) is 14.6. The zero-order valence-corrected chi connectivity index (χ0v) is 11.8. The Labute approximate surface area is 114 Å². The number of pyridine rings is 1. The molecule has 0 radical (unpaired) electrons. The maximum atomic E-state index is 11.7. The van der Waals surface area contributed by atoms with E-state index in [0.29, 0.717) is 17.7 Å². The third-order valence-electron chi connectivity index (χ3n) is 3.01. The Balaban J connectivity index is 2.71. The summed E-state index contributed by atoms with van der Waals surface area (Å²) in [6.45, 7) is 3.58. The van der Waals surface area contributed by atoms with Crippen molar-refractivity contribution in [2.75, 3.05) is 0 Å². The Kier molecular flexibility index (Phi) is 3.57. The van der Waals surface area contributed by atoms with Crippen LogP contribution >= 0.6 is 15.9 Å². The average Bonchev–Trinajstić information content (AvgIpc) is 2.37. The summed E-state index contributed by atoms with van der Waals surface area (Å²) in [5.74, 6) is 0.0965. The van der Waals surface area contributed by atoms with E-state index >= 15 is 0 Å². The Morgan fingerprint density at radius 3 is 2.44 bits per heavy atom. The predicted molar refractivity (Wildman–Crippen MR) is 76.0 cm³/mol. The van der Waals surface area contributed by atoms with Crippen LogP contribution in [-0.4, -0.2) is 10.1 Å². The molecule has 1 heterocycles. The molecule has 0 aliphatic rings. The second-order valence-corrected chi connectivity index (χ2v) is 5.06. The molecule has 1 aromatic carbocycles. The molecular formula is C14H14BrNO2. The molecule has 1 aromatic heterocycles. The summed E-state index contributed by atoms with van der Waals surface area (Å²) in [5.41, 5.74) is 2.48. The lowest BCUT2D eigenvalue weighted by atomic mass is 10.0. The standard InChI is InChI=1S/C14H14BrNO2/c1-3-11-12(9-4-6-10(15)7-5-9)16-14(18)8(2)13(11)17/h4-7H,3H2,1-2H3,(H2,16,17,18). The highest BCUT2D eigenvalue weighted by Gasteiger charge is 2.13. The van der Waals surface area contributed by atoms with Crippen molar-refractivity contribution in [1.29, 1.82) is 0 Å². The molecule has 0 fully saturated rings. The minimum Gasteiger partial charge on any atom is -0.507 e. The summed E-state index contributed by atoms with van der Waals surface area (Å²) >= 11 is 3.37. The topological polar surface area (TPSA) is 53.1 Å². The van der Waals surface area contributed by atoms with Gasteiger partial charge in [-0.2, -0.15) is 0 Å². The number of aromatic hydroxyl groups is 1. The number of benzene rings is 1. The third-order valence-corrected chi connectivity index (χ3v) is 3.54. The average molecular weight is 308 g/mol. The fourth-order valence-corrected chi connectivity index (χ4v) is 2.21. The van der Waals surface area contributed by atoms with E-state index in [-0.39, 0.29) is 11.3 Å². The number of aromatic nitrogens is 1. The van der Waals surface area contributed by atoms with Gasteiger partial charge >= 0.3 is 0 Å². The third kappa shape index (κ3) is 2.20. The van der Waals surface area contributed by atoms with E-state index in [4.69, 9.17) is 0 Å². The summed E-state index contributed by atoms with van der Waals surface area (Å²) in [5, 5.41) is 10.0. The van der Waals surface area contributed by atoms with E-state index in [0.717, 1.165) is 15.6 Å². The van der Waals surface area contributed by atoms with E-state index in [1.807, 2.05) is 31.2 Å². The van der Waals surface area contributed by atoms with Crippen LogP contribution in [0.25, 0.3) is 11.3 Å². The van der Waals surface area contributed by atoms with E-state index in [2.05, 4.69) is 20.9 Å². The van der Waals surface area contributed by atoms with Crippen molar-refractivity contribution in [3.05, 3.63) is 50.2 Å². The number of rotatable bonds is 2. The van der Waals surface area contributed by atoms with Crippen molar-refractivity contribution in [1.82, 2.24) is 4.98 Å². The van der Waals surface area contributed by atoms with Crippen LogP contribution in [0.15, 0.2) is 33.5 Å². The molecule has 0 bridgehead atoms. The first-order valence-electron chi connectivity index (χ1n) is 5.75. The first-order valence-corrected chi connectivity index (χ1v) is 6.54. The van der Waals surface area contributed by atoms with Crippen LogP contribution in [0.3, 0.4) is 0 Å². The van der Waals surface area contributed by atoms with E-state index in [1.165, 1.54) is 0 Å². The largest absolute Gasteiger partial charge is 0.507 e. The molecule has 4 heteroatoms. The van der Waals surface area contributed by atoms with Crippen molar-refractivity contribution >= 4 is 15.9 Å². The van der Waals surface area contributed by atoms with Crippen LogP contribution in [0.1, 0.15) is 18.1 Å². The van der Waals surface area contributed by atoms with Gasteiger partial charge in [0, 0.05) is 10.0 Å². The Morgan fingerprint density at radius 1 is 1.28 bits per heavy atom. The number of nitrogens with one attached hydrogen (secondary N) is 1. The van der Waals surface area contributed by atoms with Crippen LogP contribution in [0.4, 0.5) is 0 Å². The summed E-state index contributed by atoms with van der Waals surface area (Å²) < 4.78 is 0.975. The van der Waals surface area contributed by atoms with Crippen molar-refractivity contribution in [3.8, 4) is 17.0 Å². The highest BCUT2D eigenvalue weighted by Crippen LogP contribution is 2.29. The molecule has 2 N–H and O–H groups in total. The summed E-state index contributed by atoms with van der Waals surface area (Å²) in [6.07, 6.45) is 0.662. The Hall–Kier alpha value is -1.55. The zero-order chi connectivity index (χ0) is 13.3. The second-order valence-electron chi connectivity index (χ2n) is 4.14. The molecule has 94 valence electrons. The van der Waals surface area contributed by atoms with E-state index in [1.54, 1.807) is 6.92 Å². The van der Waals surface area contributed by atoms with Gasteiger partial charge in [0.2, 0.25) is 0 Å². The normalized spacial score (nSPS) is 10.6. The molecule has 0 atom stereocenters. The lowest BCUT2D eigenvalue weighted by Crippen LogP contribution is -2.13. The molecule has 0 saturated carbocycles. The Bertz CT molecular complexity index is 629. The van der Waals surface area contributed by atoms with Crippen molar-refractivity contribution in [3.63, 3.8) is 0 Å². The maximum Gasteiger partial charge on any atom is 0.255 e. The predicted octanol–water partition coefficient (Wildman–Crippen LogP) is 3.38. The van der Waals surface area contributed by atoms with Crippen LogP contribution in [0, 0.1) is 6.92 Å². The first-order chi connectivity index (χ1) is 8.54. The van der Waals surface area contributed by atoms with Gasteiger partial charge in [0.25, 0.3) is 5.56 Å². The fourth-order valence-electron chi connectivity index (χ4n) is 1.94. The molecule has 0 unspecified atom stereocenters. The van der Waals surface area contributed by atoms with Crippen LogP contribution in [0.5, 0.6) is 5.75 Å². The van der Waals surface area contributed by atoms with Gasteiger partial charge in [0.15, 0.2) is 0 Å². The van der Waals surface area contributed by atoms with Gasteiger partial charge in [-0.15, -0.1) is 0 Å². The molecule has 2 aromatic rings. The summed E-state index contributed by atoms with van der Waals surface area (Å²) in [6, 6.07) is 7.63. The quantitative estimate of drug-likeness (QED) is 0.893. The van der Waals surface area contributed by atoms with Crippen molar-refractivity contribution in [2.45, 2.75) is 20.3 Å². The Morgan fingerprint density at radius 2 is 1.89 bits per heavy atom. The minimum atomic E-state index is -0.248. The molecule has 18 heavy (non-hydrogen) atoms. The fraction of sp³-hybridized carbons (Fsp3) is 0.214. The first kappa shape index (κ1) is 12.9. The molecular weight excluding hydrogens is 294 g/mol. The van der Waals surface area contributed by atoms with Crippen LogP contribution in [-0.2, 0) is 6.42 Å². The molecule has 0 aliphatic carbocycles. The second kappa shape index (κ2) is 4.98. The number of hydrogen-bond acceptors (Lipinski definition) is 2. The molecule has 2 rings (SSSR count). The lowest BCUT2D eigenvalue weighted by Gasteiger charge is -2.11. The molecule has 0 amide bonds. The lowest BCUT2D eigenvalue weighted by molar-refractivity contribution is 0.463. The van der Waals surface area contributed by atoms with Crippen LogP contribution < -0.4 is 5.56 Å². The number of aromatic amines is 1. The van der Waals surface area contributed by atoms with Gasteiger partial charge in [-0.25, -0.2) is 0 Å². The highest BCUT2D eigenvalue weighted by molar-refractivity contribution is 9.10. The van der Waals surface area contributed by atoms with Gasteiger partial charge in [-0.3, -0.25) is 4.79 Å². The van der Waals surface area contributed by atoms with E-state index < -0.39 is 0 Å². The van der Waals surface area contributed by atoms with E-state index in [9.17, 15) is 9.90 Å². The SMILES string of the molecule is CCc1c(-c2ccc(Br)cc2)[nH]c(=O)c(C)c1O. The van der Waals surface area contributed by atoms with Crippen LogP contribution in [0.2, 0.25) is 0 Å². The van der Waals surface area contributed by atoms with Gasteiger partial charge in [-0.05, 0) is 31.0 Å². The molecule has 0 spiro atoms. The summed E-state index contributed by atoms with van der Waals surface area (Å²) in [7, 11) is 0. The molecule has 3 nitrogen and oxygen atoms in total. The highest BCUT2D eigenvalue weighted by atomic mass is 79.9.